The fourth-order valence-electron chi connectivity index (χ4n) is 1.78. The third kappa shape index (κ3) is 4.00. The third-order valence-corrected chi connectivity index (χ3v) is 4.50. The van der Waals surface area contributed by atoms with Gasteiger partial charge in [0.1, 0.15) is 0 Å². The van der Waals surface area contributed by atoms with Crippen LogP contribution in [0.5, 0.6) is 0 Å². The molecule has 0 aliphatic heterocycles. The van der Waals surface area contributed by atoms with Gasteiger partial charge in [-0.3, -0.25) is 14.6 Å². The maximum Gasteiger partial charge on any atom is 0.242 e. The molecule has 2 aromatic heterocycles. The monoisotopic (exact) mass is 307 g/mol. The highest BCUT2D eigenvalue weighted by Crippen LogP contribution is 2.16. The highest BCUT2D eigenvalue weighted by molar-refractivity contribution is 7.13. The molecule has 2 rings (SSSR count). The number of aromatic nitrogens is 1. The van der Waals surface area contributed by atoms with Crippen LogP contribution in [0.4, 0.5) is 5.13 Å². The number of likely N-dealkylation sites (N-methyl/N-ethyl adjacent to an activating group) is 1. The summed E-state index contributed by atoms with van der Waals surface area (Å²) < 4.78 is 0. The first kappa shape index (κ1) is 14.9. The number of amides is 1. The first-order valence-electron chi connectivity index (χ1n) is 6.22. The smallest absolute Gasteiger partial charge is 0.242 e. The lowest BCUT2D eigenvalue weighted by molar-refractivity contribution is -0.119. The van der Waals surface area contributed by atoms with Crippen molar-refractivity contribution in [1.82, 2.24) is 9.88 Å². The summed E-state index contributed by atoms with van der Waals surface area (Å²) in [6.45, 7) is 5.57. The number of hydrogen-bond donors (Lipinski definition) is 0. The Bertz CT molecular complexity index is 537. The molecule has 0 saturated heterocycles. The van der Waals surface area contributed by atoms with Gasteiger partial charge >= 0.3 is 0 Å². The van der Waals surface area contributed by atoms with E-state index in [0.29, 0.717) is 13.1 Å². The van der Waals surface area contributed by atoms with Crippen molar-refractivity contribution < 1.29 is 4.79 Å². The number of thiazole rings is 1. The third-order valence-electron chi connectivity index (χ3n) is 2.79. The van der Waals surface area contributed by atoms with Crippen LogP contribution >= 0.6 is 22.7 Å². The van der Waals surface area contributed by atoms with E-state index in [4.69, 9.17) is 0 Å². The molecule has 0 aromatic carbocycles. The molecule has 0 fully saturated rings. The molecule has 0 aliphatic carbocycles. The van der Waals surface area contributed by atoms with Crippen molar-refractivity contribution in [3.8, 4) is 0 Å². The van der Waals surface area contributed by atoms with Crippen molar-refractivity contribution in [2.45, 2.75) is 6.54 Å². The molecular weight excluding hydrogens is 290 g/mol. The molecule has 0 atom stereocenters. The number of carbonyl (C=O) groups excluding carboxylic acids is 1. The number of carbonyl (C=O) groups is 1. The average Bonchev–Trinajstić information content (AvgIpc) is 3.11. The molecular formula is C14H17N3OS2. The summed E-state index contributed by atoms with van der Waals surface area (Å²) in [7, 11) is 1.76. The minimum Gasteiger partial charge on any atom is -0.290 e. The van der Waals surface area contributed by atoms with Gasteiger partial charge < -0.3 is 0 Å². The van der Waals surface area contributed by atoms with Crippen molar-refractivity contribution in [1.29, 1.82) is 0 Å². The Hall–Kier alpha value is -1.50. The molecule has 1 amide bonds. The van der Waals surface area contributed by atoms with Crippen molar-refractivity contribution >= 4 is 33.7 Å². The average molecular weight is 307 g/mol. The number of thiophene rings is 1. The summed E-state index contributed by atoms with van der Waals surface area (Å²) in [6.07, 6.45) is 3.53. The van der Waals surface area contributed by atoms with E-state index in [9.17, 15) is 4.79 Å². The van der Waals surface area contributed by atoms with Crippen LogP contribution in [0, 0.1) is 0 Å². The Kier molecular flexibility index (Phi) is 5.46. The van der Waals surface area contributed by atoms with E-state index >= 15 is 0 Å². The van der Waals surface area contributed by atoms with E-state index in [2.05, 4.69) is 22.5 Å². The molecule has 0 N–H and O–H groups in total. The summed E-state index contributed by atoms with van der Waals surface area (Å²) in [4.78, 5) is 21.4. The zero-order chi connectivity index (χ0) is 14.4. The second-order valence-corrected chi connectivity index (χ2v) is 6.21. The number of rotatable bonds is 7. The van der Waals surface area contributed by atoms with Gasteiger partial charge in [0.25, 0.3) is 0 Å². The fraction of sp³-hybridized carbons (Fsp3) is 0.286. The van der Waals surface area contributed by atoms with E-state index in [-0.39, 0.29) is 5.91 Å². The molecule has 106 valence electrons. The molecule has 6 heteroatoms. The molecule has 20 heavy (non-hydrogen) atoms. The van der Waals surface area contributed by atoms with E-state index in [1.54, 1.807) is 29.5 Å². The molecule has 0 spiro atoms. The van der Waals surface area contributed by atoms with Gasteiger partial charge in [0.15, 0.2) is 5.13 Å². The van der Waals surface area contributed by atoms with Gasteiger partial charge in [0.05, 0.1) is 6.54 Å². The van der Waals surface area contributed by atoms with Crippen LogP contribution in [-0.4, -0.2) is 35.9 Å². The van der Waals surface area contributed by atoms with Crippen molar-refractivity contribution in [2.75, 3.05) is 25.0 Å². The Morgan fingerprint density at radius 2 is 2.30 bits per heavy atom. The summed E-state index contributed by atoms with van der Waals surface area (Å²) in [5, 5.41) is 4.64. The topological polar surface area (TPSA) is 36.4 Å². The second-order valence-electron chi connectivity index (χ2n) is 4.31. The molecule has 4 nitrogen and oxygen atoms in total. The molecule has 2 aromatic rings. The molecule has 0 saturated carbocycles. The van der Waals surface area contributed by atoms with Crippen molar-refractivity contribution in [2.24, 2.45) is 0 Å². The largest absolute Gasteiger partial charge is 0.290 e. The van der Waals surface area contributed by atoms with Crippen molar-refractivity contribution in [3.63, 3.8) is 0 Å². The SMILES string of the molecule is C=CCN(CC(=O)N(C)c1nccs1)Cc1cccs1. The number of hydrogen-bond acceptors (Lipinski definition) is 5. The first-order chi connectivity index (χ1) is 9.70. The van der Waals surface area contributed by atoms with Gasteiger partial charge in [0, 0.05) is 36.6 Å². The summed E-state index contributed by atoms with van der Waals surface area (Å²) in [5.74, 6) is 0.0401. The van der Waals surface area contributed by atoms with Gasteiger partial charge in [-0.1, -0.05) is 12.1 Å². The Labute approximate surface area is 127 Å². The van der Waals surface area contributed by atoms with E-state index in [1.807, 2.05) is 22.9 Å². The predicted molar refractivity (Wildman–Crippen MR) is 85.3 cm³/mol. The van der Waals surface area contributed by atoms with E-state index in [0.717, 1.165) is 11.7 Å². The summed E-state index contributed by atoms with van der Waals surface area (Å²) >= 11 is 3.16. The number of nitrogens with zero attached hydrogens (tertiary/aromatic N) is 3. The zero-order valence-corrected chi connectivity index (χ0v) is 13.0. The van der Waals surface area contributed by atoms with Crippen LogP contribution in [0.2, 0.25) is 0 Å². The molecule has 0 aliphatic rings. The quantitative estimate of drug-likeness (QED) is 0.738. The standard InChI is InChI=1S/C14H17N3OS2/c1-3-7-17(10-12-5-4-8-19-12)11-13(18)16(2)14-15-6-9-20-14/h3-6,8-9H,1,7,10-11H2,2H3. The van der Waals surface area contributed by atoms with Crippen LogP contribution in [0.3, 0.4) is 0 Å². The highest BCUT2D eigenvalue weighted by Gasteiger charge is 2.17. The van der Waals surface area contributed by atoms with Crippen LogP contribution in [-0.2, 0) is 11.3 Å². The molecule has 0 unspecified atom stereocenters. The molecule has 0 radical (unpaired) electrons. The van der Waals surface area contributed by atoms with Crippen LogP contribution in [0.1, 0.15) is 4.88 Å². The first-order valence-corrected chi connectivity index (χ1v) is 7.98. The van der Waals surface area contributed by atoms with Gasteiger partial charge in [-0.25, -0.2) is 4.98 Å². The van der Waals surface area contributed by atoms with Gasteiger partial charge in [-0.05, 0) is 11.4 Å². The zero-order valence-electron chi connectivity index (χ0n) is 11.4. The lowest BCUT2D eigenvalue weighted by atomic mass is 10.3. The minimum absolute atomic E-state index is 0.0401. The van der Waals surface area contributed by atoms with Crippen LogP contribution < -0.4 is 4.90 Å². The Balaban J connectivity index is 1.96. The van der Waals surface area contributed by atoms with Gasteiger partial charge in [-0.2, -0.15) is 0 Å². The normalized spacial score (nSPS) is 10.7. The Morgan fingerprint density at radius 1 is 1.45 bits per heavy atom. The maximum absolute atomic E-state index is 12.3. The number of anilines is 1. The lowest BCUT2D eigenvalue weighted by Crippen LogP contribution is -2.38. The van der Waals surface area contributed by atoms with Crippen molar-refractivity contribution in [3.05, 3.63) is 46.6 Å². The van der Waals surface area contributed by atoms with Crippen LogP contribution in [0.15, 0.2) is 41.7 Å². The summed E-state index contributed by atoms with van der Waals surface area (Å²) in [5.41, 5.74) is 0. The summed E-state index contributed by atoms with van der Waals surface area (Å²) in [6, 6.07) is 4.10. The van der Waals surface area contributed by atoms with Gasteiger partial charge in [0.2, 0.25) is 5.91 Å². The lowest BCUT2D eigenvalue weighted by Gasteiger charge is -2.22. The Morgan fingerprint density at radius 3 is 2.90 bits per heavy atom. The predicted octanol–water partition coefficient (Wildman–Crippen LogP) is 2.86. The van der Waals surface area contributed by atoms with Crippen LogP contribution in [0.25, 0.3) is 0 Å². The maximum atomic E-state index is 12.3. The molecule has 2 heterocycles. The fourth-order valence-corrected chi connectivity index (χ4v) is 3.15. The van der Waals surface area contributed by atoms with Gasteiger partial charge in [-0.15, -0.1) is 29.3 Å². The highest BCUT2D eigenvalue weighted by atomic mass is 32.1. The minimum atomic E-state index is 0.0401. The molecule has 0 bridgehead atoms. The van der Waals surface area contributed by atoms with E-state index < -0.39 is 0 Å². The second kappa shape index (κ2) is 7.33. The van der Waals surface area contributed by atoms with E-state index in [1.165, 1.54) is 16.2 Å².